The van der Waals surface area contributed by atoms with Gasteiger partial charge in [-0.15, -0.1) is 0 Å². The molecule has 3 atom stereocenters. The van der Waals surface area contributed by atoms with E-state index < -0.39 is 61.1 Å². The molecule has 0 radical (unpaired) electrons. The summed E-state index contributed by atoms with van der Waals surface area (Å²) in [5, 5.41) is 2.78. The number of aromatic nitrogens is 4. The first-order chi connectivity index (χ1) is 26.8. The number of anilines is 1. The van der Waals surface area contributed by atoms with Gasteiger partial charge in [0, 0.05) is 12.5 Å². The maximum absolute atomic E-state index is 13.4. The standard InChI is InChI=1S/C41H35N5O9/c1-27(47)54-33-34(51-22-28-14-6-2-7-15-28)41(23-52-39(49)30-18-10-4-11-19-30,24-53-40(50)31-20-12-5-13-21-31)55-38(33)46-26-44-32-35(42-25-43-36(32)46)45-37(48)29-16-8-3-9-17-29/h2-21,25-26,33-34,38H,22-24H2,1H3,(H,42,43,45,48)/t33-,34+,38-/m1/s1. The third-order valence-electron chi connectivity index (χ3n) is 8.84. The quantitative estimate of drug-likeness (QED) is 0.115. The largest absolute Gasteiger partial charge is 0.459 e. The average molecular weight is 742 g/mol. The van der Waals surface area contributed by atoms with Crippen molar-refractivity contribution in [2.24, 2.45) is 0 Å². The van der Waals surface area contributed by atoms with Crippen molar-refractivity contribution in [1.29, 1.82) is 0 Å². The van der Waals surface area contributed by atoms with Gasteiger partial charge in [-0.1, -0.05) is 84.9 Å². The maximum Gasteiger partial charge on any atom is 0.338 e. The van der Waals surface area contributed by atoms with Crippen LogP contribution in [0.2, 0.25) is 0 Å². The van der Waals surface area contributed by atoms with Crippen molar-refractivity contribution >= 4 is 40.8 Å². The Labute approximate surface area is 315 Å². The molecule has 0 spiro atoms. The highest BCUT2D eigenvalue weighted by atomic mass is 16.7. The zero-order valence-corrected chi connectivity index (χ0v) is 29.5. The lowest BCUT2D eigenvalue weighted by atomic mass is 9.96. The lowest BCUT2D eigenvalue weighted by Gasteiger charge is -2.33. The molecule has 55 heavy (non-hydrogen) atoms. The summed E-state index contributed by atoms with van der Waals surface area (Å²) in [7, 11) is 0. The molecule has 0 unspecified atom stereocenters. The number of nitrogens with one attached hydrogen (secondary N) is 1. The van der Waals surface area contributed by atoms with Crippen molar-refractivity contribution in [3.05, 3.63) is 156 Å². The molecule has 4 aromatic carbocycles. The van der Waals surface area contributed by atoms with Crippen LogP contribution in [0.3, 0.4) is 0 Å². The molecule has 1 saturated heterocycles. The van der Waals surface area contributed by atoms with Gasteiger partial charge in [-0.3, -0.25) is 14.2 Å². The summed E-state index contributed by atoms with van der Waals surface area (Å²) in [6.45, 7) is 0.275. The molecule has 278 valence electrons. The molecule has 1 aliphatic heterocycles. The molecule has 0 bridgehead atoms. The van der Waals surface area contributed by atoms with Crippen molar-refractivity contribution in [1.82, 2.24) is 19.5 Å². The van der Waals surface area contributed by atoms with Crippen molar-refractivity contribution < 1.29 is 42.9 Å². The number of benzene rings is 4. The van der Waals surface area contributed by atoms with E-state index >= 15 is 0 Å². The van der Waals surface area contributed by atoms with Crippen LogP contribution in [0.25, 0.3) is 11.2 Å². The normalized spacial score (nSPS) is 17.3. The molecule has 1 fully saturated rings. The molecule has 0 saturated carbocycles. The number of imidazole rings is 1. The fourth-order valence-electron chi connectivity index (χ4n) is 6.22. The first kappa shape index (κ1) is 36.6. The molecular formula is C41H35N5O9. The maximum atomic E-state index is 13.4. The first-order valence-electron chi connectivity index (χ1n) is 17.3. The minimum Gasteiger partial charge on any atom is -0.459 e. The Bertz CT molecular complexity index is 2220. The van der Waals surface area contributed by atoms with Crippen molar-refractivity contribution in [2.45, 2.75) is 37.6 Å². The van der Waals surface area contributed by atoms with Gasteiger partial charge >= 0.3 is 17.9 Å². The van der Waals surface area contributed by atoms with Gasteiger partial charge in [-0.2, -0.15) is 0 Å². The van der Waals surface area contributed by atoms with Gasteiger partial charge in [-0.05, 0) is 42.0 Å². The number of carbonyl (C=O) groups is 4. The zero-order chi connectivity index (χ0) is 38.2. The Hall–Kier alpha value is -6.77. The Morgan fingerprint density at radius 3 is 1.84 bits per heavy atom. The van der Waals surface area contributed by atoms with Gasteiger partial charge in [-0.25, -0.2) is 24.5 Å². The van der Waals surface area contributed by atoms with E-state index in [1.807, 2.05) is 30.3 Å². The Morgan fingerprint density at radius 1 is 0.727 bits per heavy atom. The van der Waals surface area contributed by atoms with E-state index in [9.17, 15) is 19.2 Å². The zero-order valence-electron chi connectivity index (χ0n) is 29.5. The van der Waals surface area contributed by atoms with Gasteiger partial charge in [0.15, 0.2) is 34.9 Å². The number of rotatable bonds is 13. The fraction of sp³-hybridized carbons (Fsp3) is 0.195. The molecule has 1 N–H and O–H groups in total. The third kappa shape index (κ3) is 8.25. The van der Waals surface area contributed by atoms with Crippen molar-refractivity contribution in [2.75, 3.05) is 18.5 Å². The molecular weight excluding hydrogens is 706 g/mol. The van der Waals surface area contributed by atoms with Crippen LogP contribution in [0, 0.1) is 0 Å². The summed E-state index contributed by atoms with van der Waals surface area (Å²) >= 11 is 0. The Kier molecular flexibility index (Phi) is 11.0. The van der Waals surface area contributed by atoms with Crippen LogP contribution in [0.1, 0.15) is 49.8 Å². The summed E-state index contributed by atoms with van der Waals surface area (Å²) in [5.74, 6) is -2.31. The number of carbonyl (C=O) groups excluding carboxylic acids is 4. The van der Waals surface area contributed by atoms with Crippen molar-refractivity contribution in [3.8, 4) is 0 Å². The SMILES string of the molecule is CC(=O)O[C@H]1[C@H](n2cnc3c(NC(=O)c4ccccc4)ncnc32)OC(COC(=O)c2ccccc2)(COC(=O)c2ccccc2)[C@H]1OCc1ccccc1. The Balaban J connectivity index is 1.29. The predicted molar refractivity (Wildman–Crippen MR) is 197 cm³/mol. The molecule has 1 aliphatic rings. The molecule has 14 heteroatoms. The number of hydrogen-bond donors (Lipinski definition) is 1. The van der Waals surface area contributed by atoms with Crippen LogP contribution < -0.4 is 5.32 Å². The van der Waals surface area contributed by atoms with Crippen LogP contribution in [-0.2, 0) is 35.1 Å². The lowest BCUT2D eigenvalue weighted by molar-refractivity contribution is -0.166. The minimum atomic E-state index is -1.76. The van der Waals surface area contributed by atoms with Crippen molar-refractivity contribution in [3.63, 3.8) is 0 Å². The smallest absolute Gasteiger partial charge is 0.338 e. The average Bonchev–Trinajstić information content (AvgIpc) is 3.78. The van der Waals surface area contributed by atoms with Crippen LogP contribution in [0.4, 0.5) is 5.82 Å². The van der Waals surface area contributed by atoms with Gasteiger partial charge in [0.25, 0.3) is 5.91 Å². The second kappa shape index (κ2) is 16.5. The monoisotopic (exact) mass is 741 g/mol. The van der Waals surface area contributed by atoms with E-state index in [1.54, 1.807) is 91.0 Å². The lowest BCUT2D eigenvalue weighted by Crippen LogP contribution is -2.53. The van der Waals surface area contributed by atoms with E-state index in [0.29, 0.717) is 5.56 Å². The van der Waals surface area contributed by atoms with Gasteiger partial charge < -0.3 is 29.0 Å². The fourth-order valence-corrected chi connectivity index (χ4v) is 6.22. The van der Waals surface area contributed by atoms with Gasteiger partial charge in [0.05, 0.1) is 24.1 Å². The summed E-state index contributed by atoms with van der Waals surface area (Å²) in [6, 6.07) is 34.5. The van der Waals surface area contributed by atoms with E-state index in [-0.39, 0.29) is 34.7 Å². The predicted octanol–water partition coefficient (Wildman–Crippen LogP) is 5.58. The van der Waals surface area contributed by atoms with E-state index in [2.05, 4.69) is 20.3 Å². The molecule has 0 aliphatic carbocycles. The van der Waals surface area contributed by atoms with E-state index in [0.717, 1.165) is 5.56 Å². The molecule has 1 amide bonds. The highest BCUT2D eigenvalue weighted by Crippen LogP contribution is 2.43. The van der Waals surface area contributed by atoms with Crippen LogP contribution in [0.15, 0.2) is 134 Å². The second-order valence-corrected chi connectivity index (χ2v) is 12.6. The van der Waals surface area contributed by atoms with Crippen LogP contribution in [0.5, 0.6) is 0 Å². The first-order valence-corrected chi connectivity index (χ1v) is 17.3. The summed E-state index contributed by atoms with van der Waals surface area (Å²) in [4.78, 5) is 65.9. The molecule has 6 aromatic rings. The highest BCUT2D eigenvalue weighted by Gasteiger charge is 2.60. The topological polar surface area (TPSA) is 170 Å². The number of hydrogen-bond acceptors (Lipinski definition) is 12. The number of amides is 1. The summed E-state index contributed by atoms with van der Waals surface area (Å²) in [6.07, 6.45) is -1.02. The van der Waals surface area contributed by atoms with Gasteiger partial charge in [0.1, 0.15) is 25.6 Å². The summed E-state index contributed by atoms with van der Waals surface area (Å²) < 4.78 is 32.6. The van der Waals surface area contributed by atoms with Gasteiger partial charge in [0.2, 0.25) is 0 Å². The molecule has 14 nitrogen and oxygen atoms in total. The van der Waals surface area contributed by atoms with Crippen LogP contribution >= 0.6 is 0 Å². The van der Waals surface area contributed by atoms with E-state index in [1.165, 1.54) is 24.1 Å². The molecule has 7 rings (SSSR count). The summed E-state index contributed by atoms with van der Waals surface area (Å²) in [5.41, 5.74) is 0.387. The number of ether oxygens (including phenoxy) is 5. The molecule has 3 heterocycles. The van der Waals surface area contributed by atoms with E-state index in [4.69, 9.17) is 23.7 Å². The number of nitrogens with zero attached hydrogens (tertiary/aromatic N) is 4. The third-order valence-corrected chi connectivity index (χ3v) is 8.84. The Morgan fingerprint density at radius 2 is 1.27 bits per heavy atom. The minimum absolute atomic E-state index is 0.0167. The second-order valence-electron chi connectivity index (χ2n) is 12.6. The van der Waals surface area contributed by atoms with Crippen LogP contribution in [-0.4, -0.2) is 74.4 Å². The number of esters is 3. The highest BCUT2D eigenvalue weighted by molar-refractivity contribution is 6.06. The number of fused-ring (bicyclic) bond motifs is 1. The molecule has 2 aromatic heterocycles.